The zero-order valence-electron chi connectivity index (χ0n) is 16.8. The van der Waals surface area contributed by atoms with Crippen molar-refractivity contribution in [3.05, 3.63) is 54.6 Å². The number of para-hydroxylation sites is 1. The Labute approximate surface area is 176 Å². The number of anilines is 2. The molecule has 0 radical (unpaired) electrons. The molecule has 7 heteroatoms. The molecule has 2 N–H and O–H groups in total. The van der Waals surface area contributed by atoms with E-state index in [4.69, 9.17) is 10.00 Å². The second kappa shape index (κ2) is 10.9. The van der Waals surface area contributed by atoms with E-state index in [-0.39, 0.29) is 17.9 Å². The molecule has 1 saturated heterocycles. The number of rotatable bonds is 7. The lowest BCUT2D eigenvalue weighted by molar-refractivity contribution is -0.121. The molecule has 156 valence electrons. The zero-order chi connectivity index (χ0) is 21.2. The predicted molar refractivity (Wildman–Crippen MR) is 115 cm³/mol. The van der Waals surface area contributed by atoms with Crippen LogP contribution in [0.15, 0.2) is 54.6 Å². The minimum atomic E-state index is -0.138. The lowest BCUT2D eigenvalue weighted by Crippen LogP contribution is -2.43. The number of unbranched alkanes of at least 4 members (excludes halogenated alkanes) is 1. The van der Waals surface area contributed by atoms with Crippen molar-refractivity contribution < 1.29 is 14.3 Å². The fourth-order valence-electron chi connectivity index (χ4n) is 3.32. The molecule has 0 bridgehead atoms. The molecule has 2 aromatic carbocycles. The van der Waals surface area contributed by atoms with Crippen LogP contribution in [-0.2, 0) is 4.79 Å². The Morgan fingerprint density at radius 2 is 1.77 bits per heavy atom. The minimum absolute atomic E-state index is 0.0419. The third kappa shape index (κ3) is 6.24. The van der Waals surface area contributed by atoms with Gasteiger partial charge in [-0.15, -0.1) is 0 Å². The van der Waals surface area contributed by atoms with Crippen LogP contribution < -0.4 is 15.4 Å². The van der Waals surface area contributed by atoms with Crippen molar-refractivity contribution in [1.29, 1.82) is 5.26 Å². The van der Waals surface area contributed by atoms with Gasteiger partial charge in [0.05, 0.1) is 12.7 Å². The first-order valence-electron chi connectivity index (χ1n) is 10.2. The maximum absolute atomic E-state index is 12.6. The summed E-state index contributed by atoms with van der Waals surface area (Å²) in [6.07, 6.45) is 2.37. The number of nitrogens with zero attached hydrogens (tertiary/aromatic N) is 2. The maximum atomic E-state index is 12.6. The molecule has 30 heavy (non-hydrogen) atoms. The fraction of sp³-hybridized carbons (Fsp3) is 0.348. The third-order valence-corrected chi connectivity index (χ3v) is 4.98. The van der Waals surface area contributed by atoms with Crippen LogP contribution in [0.5, 0.6) is 5.75 Å². The number of urea groups is 1. The minimum Gasteiger partial charge on any atom is -0.493 e. The van der Waals surface area contributed by atoms with Gasteiger partial charge in [-0.3, -0.25) is 4.79 Å². The number of amides is 3. The van der Waals surface area contributed by atoms with Gasteiger partial charge < -0.3 is 20.3 Å². The number of carbonyl (C=O) groups excluding carboxylic acids is 2. The lowest BCUT2D eigenvalue weighted by atomic mass is 9.96. The number of carbonyl (C=O) groups is 2. The first-order chi connectivity index (χ1) is 14.7. The standard InChI is InChI=1S/C23H26N4O3/c24-13-4-5-16-30-21-10-6-9-20(17-21)25-22(28)18-11-14-27(15-12-18)23(29)26-19-7-2-1-3-8-19/h1-3,6-10,17-18H,4-5,11-12,14-16H2,(H,25,28)(H,26,29). The van der Waals surface area contributed by atoms with Crippen molar-refractivity contribution in [1.82, 2.24) is 4.90 Å². The Balaban J connectivity index is 1.45. The Kier molecular flexibility index (Phi) is 7.67. The van der Waals surface area contributed by atoms with Crippen molar-refractivity contribution in [2.45, 2.75) is 25.7 Å². The molecule has 0 atom stereocenters. The summed E-state index contributed by atoms with van der Waals surface area (Å²) >= 11 is 0. The van der Waals surface area contributed by atoms with Crippen LogP contribution in [0.4, 0.5) is 16.2 Å². The summed E-state index contributed by atoms with van der Waals surface area (Å²) in [5, 5.41) is 14.4. The largest absolute Gasteiger partial charge is 0.493 e. The number of likely N-dealkylation sites (tertiary alicyclic amines) is 1. The van der Waals surface area contributed by atoms with Crippen LogP contribution in [0.3, 0.4) is 0 Å². The third-order valence-electron chi connectivity index (χ3n) is 4.98. The highest BCUT2D eigenvalue weighted by atomic mass is 16.5. The number of benzene rings is 2. The molecule has 1 aliphatic rings. The van der Waals surface area contributed by atoms with E-state index < -0.39 is 0 Å². The molecule has 3 amide bonds. The van der Waals surface area contributed by atoms with Gasteiger partial charge >= 0.3 is 6.03 Å². The number of ether oxygens (including phenoxy) is 1. The molecule has 0 saturated carbocycles. The van der Waals surface area contributed by atoms with E-state index in [1.165, 1.54) is 0 Å². The molecular weight excluding hydrogens is 380 g/mol. The molecular formula is C23H26N4O3. The average molecular weight is 406 g/mol. The van der Waals surface area contributed by atoms with Gasteiger partial charge in [0.2, 0.25) is 5.91 Å². The Hall–Kier alpha value is -3.53. The first kappa shape index (κ1) is 21.2. The highest BCUT2D eigenvalue weighted by Crippen LogP contribution is 2.22. The van der Waals surface area contributed by atoms with Gasteiger partial charge in [-0.25, -0.2) is 4.79 Å². The first-order valence-corrected chi connectivity index (χ1v) is 10.2. The van der Waals surface area contributed by atoms with E-state index in [1.54, 1.807) is 11.0 Å². The van der Waals surface area contributed by atoms with E-state index in [1.807, 2.05) is 48.5 Å². The van der Waals surface area contributed by atoms with E-state index >= 15 is 0 Å². The number of piperidine rings is 1. The highest BCUT2D eigenvalue weighted by molar-refractivity contribution is 5.93. The highest BCUT2D eigenvalue weighted by Gasteiger charge is 2.27. The van der Waals surface area contributed by atoms with Gasteiger partial charge in [-0.1, -0.05) is 24.3 Å². The summed E-state index contributed by atoms with van der Waals surface area (Å²) in [4.78, 5) is 26.8. The van der Waals surface area contributed by atoms with Crippen LogP contribution in [0.25, 0.3) is 0 Å². The molecule has 1 aliphatic heterocycles. The van der Waals surface area contributed by atoms with Crippen molar-refractivity contribution in [2.75, 3.05) is 30.3 Å². The summed E-state index contributed by atoms with van der Waals surface area (Å²) in [5.74, 6) is 0.490. The predicted octanol–water partition coefficient (Wildman–Crippen LogP) is 4.25. The van der Waals surface area contributed by atoms with Gasteiger partial charge in [-0.2, -0.15) is 5.26 Å². The topological polar surface area (TPSA) is 94.5 Å². The van der Waals surface area contributed by atoms with E-state index in [0.29, 0.717) is 56.8 Å². The number of hydrogen-bond donors (Lipinski definition) is 2. The fourth-order valence-corrected chi connectivity index (χ4v) is 3.32. The van der Waals surface area contributed by atoms with Gasteiger partial charge in [0, 0.05) is 42.9 Å². The van der Waals surface area contributed by atoms with E-state index in [9.17, 15) is 9.59 Å². The Morgan fingerprint density at radius 3 is 2.50 bits per heavy atom. The molecule has 3 rings (SSSR count). The molecule has 0 spiro atoms. The average Bonchev–Trinajstić information content (AvgIpc) is 2.78. The summed E-state index contributed by atoms with van der Waals surface area (Å²) in [7, 11) is 0. The summed E-state index contributed by atoms with van der Waals surface area (Å²) in [5.41, 5.74) is 1.44. The molecule has 1 fully saturated rings. The van der Waals surface area contributed by atoms with Gasteiger partial charge in [0.1, 0.15) is 5.75 Å². The van der Waals surface area contributed by atoms with Crippen molar-refractivity contribution in [3.8, 4) is 11.8 Å². The number of nitrogens with one attached hydrogen (secondary N) is 2. The molecule has 1 heterocycles. The second-order valence-corrected chi connectivity index (χ2v) is 7.18. The van der Waals surface area contributed by atoms with Crippen LogP contribution in [0.2, 0.25) is 0 Å². The molecule has 0 aliphatic carbocycles. The number of hydrogen-bond acceptors (Lipinski definition) is 4. The van der Waals surface area contributed by atoms with Crippen LogP contribution >= 0.6 is 0 Å². The van der Waals surface area contributed by atoms with Crippen LogP contribution in [-0.4, -0.2) is 36.5 Å². The Morgan fingerprint density at radius 1 is 1.03 bits per heavy atom. The van der Waals surface area contributed by atoms with Crippen LogP contribution in [0, 0.1) is 17.2 Å². The Bertz CT molecular complexity index is 887. The van der Waals surface area contributed by atoms with E-state index in [0.717, 1.165) is 5.69 Å². The smallest absolute Gasteiger partial charge is 0.321 e. The number of nitriles is 1. The molecule has 7 nitrogen and oxygen atoms in total. The quantitative estimate of drug-likeness (QED) is 0.672. The van der Waals surface area contributed by atoms with Crippen molar-refractivity contribution in [2.24, 2.45) is 5.92 Å². The maximum Gasteiger partial charge on any atom is 0.321 e. The van der Waals surface area contributed by atoms with Crippen LogP contribution in [0.1, 0.15) is 25.7 Å². The lowest BCUT2D eigenvalue weighted by Gasteiger charge is -2.31. The van der Waals surface area contributed by atoms with Gasteiger partial charge in [-0.05, 0) is 43.5 Å². The summed E-state index contributed by atoms with van der Waals surface area (Å²) in [6.45, 7) is 1.55. The molecule has 2 aromatic rings. The van der Waals surface area contributed by atoms with Crippen molar-refractivity contribution in [3.63, 3.8) is 0 Å². The summed E-state index contributed by atoms with van der Waals surface area (Å²) in [6, 6.07) is 18.5. The second-order valence-electron chi connectivity index (χ2n) is 7.18. The van der Waals surface area contributed by atoms with E-state index in [2.05, 4.69) is 16.7 Å². The monoisotopic (exact) mass is 406 g/mol. The normalized spacial score (nSPS) is 13.9. The van der Waals surface area contributed by atoms with Gasteiger partial charge in [0.25, 0.3) is 0 Å². The van der Waals surface area contributed by atoms with Crippen molar-refractivity contribution >= 4 is 23.3 Å². The zero-order valence-corrected chi connectivity index (χ0v) is 16.8. The summed E-state index contributed by atoms with van der Waals surface area (Å²) < 4.78 is 5.61. The molecule has 0 unspecified atom stereocenters. The molecule has 0 aromatic heterocycles. The SMILES string of the molecule is N#CCCCOc1cccc(NC(=O)C2CCN(C(=O)Nc3ccccc3)CC2)c1. The van der Waals surface area contributed by atoms with Gasteiger partial charge in [0.15, 0.2) is 0 Å².